The Labute approximate surface area is 164 Å². The number of benzene rings is 1. The molecule has 0 saturated carbocycles. The predicted molar refractivity (Wildman–Crippen MR) is 102 cm³/mol. The van der Waals surface area contributed by atoms with Gasteiger partial charge < -0.3 is 14.5 Å². The molecule has 2 aliphatic heterocycles. The Bertz CT molecular complexity index is 871. The zero-order valence-corrected chi connectivity index (χ0v) is 16.2. The lowest BCUT2D eigenvalue weighted by molar-refractivity contribution is -0.186. The van der Waals surface area contributed by atoms with Gasteiger partial charge in [-0.2, -0.15) is 0 Å². The van der Waals surface area contributed by atoms with Gasteiger partial charge in [-0.05, 0) is 25.8 Å². The highest BCUT2D eigenvalue weighted by Crippen LogP contribution is 2.34. The van der Waals surface area contributed by atoms with Crippen molar-refractivity contribution < 1.29 is 14.3 Å². The van der Waals surface area contributed by atoms with Gasteiger partial charge in [-0.1, -0.05) is 30.3 Å². The van der Waals surface area contributed by atoms with Crippen molar-refractivity contribution in [2.24, 2.45) is 0 Å². The fourth-order valence-electron chi connectivity index (χ4n) is 4.07. The Morgan fingerprint density at radius 1 is 1.25 bits per heavy atom. The number of fused-ring (bicyclic) bond motifs is 1. The Morgan fingerprint density at radius 2 is 2.04 bits per heavy atom. The van der Waals surface area contributed by atoms with Crippen LogP contribution in [0.5, 0.6) is 0 Å². The SMILES string of the molecule is Cc1cnc(C(=O)N2CC[C@H]3N(Cc4ccccc4)C(=O)CO[C@]3(C)C2)cn1. The average molecular weight is 380 g/mol. The molecule has 0 aliphatic carbocycles. The van der Waals surface area contributed by atoms with Crippen LogP contribution in [-0.2, 0) is 16.1 Å². The first kappa shape index (κ1) is 18.6. The van der Waals surface area contributed by atoms with Gasteiger partial charge in [0.15, 0.2) is 0 Å². The molecule has 7 nitrogen and oxygen atoms in total. The van der Waals surface area contributed by atoms with Crippen molar-refractivity contribution in [3.8, 4) is 0 Å². The molecule has 2 fully saturated rings. The second-order valence-electron chi connectivity index (χ2n) is 7.68. The minimum absolute atomic E-state index is 0.00416. The third-order valence-electron chi connectivity index (χ3n) is 5.59. The fraction of sp³-hybridized carbons (Fsp3) is 0.429. The number of ether oxygens (including phenoxy) is 1. The average Bonchev–Trinajstić information content (AvgIpc) is 2.71. The standard InChI is InChI=1S/C21H24N4O3/c1-15-10-23-17(11-22-15)20(27)24-9-8-18-21(2,14-24)28-13-19(26)25(18)12-16-6-4-3-5-7-16/h3-7,10-11,18H,8-9,12-14H2,1-2H3/t18-,21-/m1/s1. The first-order valence-electron chi connectivity index (χ1n) is 9.51. The van der Waals surface area contributed by atoms with E-state index in [0.717, 1.165) is 11.3 Å². The summed E-state index contributed by atoms with van der Waals surface area (Å²) in [5, 5.41) is 0. The van der Waals surface area contributed by atoms with E-state index in [4.69, 9.17) is 4.74 Å². The molecule has 2 saturated heterocycles. The van der Waals surface area contributed by atoms with Crippen LogP contribution in [0.15, 0.2) is 42.7 Å². The van der Waals surface area contributed by atoms with Crippen molar-refractivity contribution in [2.45, 2.75) is 38.5 Å². The molecular formula is C21H24N4O3. The molecule has 0 N–H and O–H groups in total. The van der Waals surface area contributed by atoms with Crippen LogP contribution in [0.4, 0.5) is 0 Å². The summed E-state index contributed by atoms with van der Waals surface area (Å²) in [6.45, 7) is 5.39. The van der Waals surface area contributed by atoms with Crippen LogP contribution in [-0.4, -0.2) is 62.9 Å². The van der Waals surface area contributed by atoms with Crippen LogP contribution < -0.4 is 0 Å². The number of piperidine rings is 1. The number of hydrogen-bond acceptors (Lipinski definition) is 5. The topological polar surface area (TPSA) is 75.6 Å². The number of aromatic nitrogens is 2. The predicted octanol–water partition coefficient (Wildman–Crippen LogP) is 1.82. The molecule has 2 aromatic rings. The molecule has 146 valence electrons. The largest absolute Gasteiger partial charge is 0.361 e. The summed E-state index contributed by atoms with van der Waals surface area (Å²) in [5.41, 5.74) is 1.59. The summed E-state index contributed by atoms with van der Waals surface area (Å²) < 4.78 is 5.96. The number of amides is 2. The quantitative estimate of drug-likeness (QED) is 0.812. The molecule has 1 aromatic carbocycles. The summed E-state index contributed by atoms with van der Waals surface area (Å²) in [4.78, 5) is 37.5. The summed E-state index contributed by atoms with van der Waals surface area (Å²) in [5.74, 6) is -0.155. The third-order valence-corrected chi connectivity index (χ3v) is 5.59. The smallest absolute Gasteiger partial charge is 0.274 e. The lowest BCUT2D eigenvalue weighted by Gasteiger charge is -2.52. The van der Waals surface area contributed by atoms with Crippen LogP contribution in [0.1, 0.15) is 35.1 Å². The number of rotatable bonds is 3. The monoisotopic (exact) mass is 380 g/mol. The Hall–Kier alpha value is -2.80. The molecule has 0 unspecified atom stereocenters. The lowest BCUT2D eigenvalue weighted by Crippen LogP contribution is -2.67. The third kappa shape index (κ3) is 3.49. The van der Waals surface area contributed by atoms with Crippen LogP contribution in [0.2, 0.25) is 0 Å². The van der Waals surface area contributed by atoms with Gasteiger partial charge in [0.2, 0.25) is 5.91 Å². The first-order chi connectivity index (χ1) is 13.5. The maximum atomic E-state index is 12.9. The molecular weight excluding hydrogens is 356 g/mol. The van der Waals surface area contributed by atoms with Gasteiger partial charge in [-0.25, -0.2) is 4.98 Å². The summed E-state index contributed by atoms with van der Waals surface area (Å²) >= 11 is 0. The Kier molecular flexibility index (Phi) is 4.85. The van der Waals surface area contributed by atoms with Gasteiger partial charge in [0.25, 0.3) is 5.91 Å². The maximum Gasteiger partial charge on any atom is 0.274 e. The van der Waals surface area contributed by atoms with Gasteiger partial charge in [0.1, 0.15) is 17.9 Å². The van der Waals surface area contributed by atoms with Gasteiger partial charge in [-0.15, -0.1) is 0 Å². The number of hydrogen-bond donors (Lipinski definition) is 0. The van der Waals surface area contributed by atoms with Crippen molar-refractivity contribution in [3.63, 3.8) is 0 Å². The lowest BCUT2D eigenvalue weighted by atomic mass is 9.85. The molecule has 2 atom stereocenters. The van der Waals surface area contributed by atoms with Crippen molar-refractivity contribution in [3.05, 3.63) is 59.7 Å². The molecule has 1 aromatic heterocycles. The first-order valence-corrected chi connectivity index (χ1v) is 9.51. The highest BCUT2D eigenvalue weighted by Gasteiger charge is 2.49. The number of carbonyl (C=O) groups is 2. The van der Waals surface area contributed by atoms with Crippen molar-refractivity contribution in [1.82, 2.24) is 19.8 Å². The van der Waals surface area contributed by atoms with E-state index in [1.807, 2.05) is 49.1 Å². The van der Waals surface area contributed by atoms with Crippen molar-refractivity contribution in [2.75, 3.05) is 19.7 Å². The van der Waals surface area contributed by atoms with Crippen LogP contribution in [0.3, 0.4) is 0 Å². The van der Waals surface area contributed by atoms with Crippen LogP contribution in [0, 0.1) is 6.92 Å². The molecule has 28 heavy (non-hydrogen) atoms. The van der Waals surface area contributed by atoms with E-state index >= 15 is 0 Å². The minimum atomic E-state index is -0.602. The molecule has 0 bridgehead atoms. The summed E-state index contributed by atoms with van der Waals surface area (Å²) in [7, 11) is 0. The van der Waals surface area contributed by atoms with Crippen molar-refractivity contribution in [1.29, 1.82) is 0 Å². The van der Waals surface area contributed by atoms with Crippen molar-refractivity contribution >= 4 is 11.8 Å². The number of morpholine rings is 1. The van der Waals surface area contributed by atoms with E-state index in [1.165, 1.54) is 6.20 Å². The minimum Gasteiger partial charge on any atom is -0.361 e. The number of nitrogens with zero attached hydrogens (tertiary/aromatic N) is 4. The van der Waals surface area contributed by atoms with E-state index < -0.39 is 5.60 Å². The number of aryl methyl sites for hydroxylation is 1. The van der Waals surface area contributed by atoms with E-state index in [1.54, 1.807) is 11.1 Å². The van der Waals surface area contributed by atoms with Crippen LogP contribution in [0.25, 0.3) is 0 Å². The second kappa shape index (κ2) is 7.31. The second-order valence-corrected chi connectivity index (χ2v) is 7.68. The molecule has 2 aliphatic rings. The summed E-state index contributed by atoms with van der Waals surface area (Å²) in [6.07, 6.45) is 3.78. The maximum absolute atomic E-state index is 12.9. The Morgan fingerprint density at radius 3 is 2.75 bits per heavy atom. The van der Waals surface area contributed by atoms with E-state index in [0.29, 0.717) is 31.7 Å². The highest BCUT2D eigenvalue weighted by atomic mass is 16.5. The molecule has 0 radical (unpaired) electrons. The normalized spacial score (nSPS) is 24.8. The zero-order chi connectivity index (χ0) is 19.7. The molecule has 0 spiro atoms. The fourth-order valence-corrected chi connectivity index (χ4v) is 4.07. The van der Waals surface area contributed by atoms with Gasteiger partial charge >= 0.3 is 0 Å². The molecule has 4 rings (SSSR count). The Balaban J connectivity index is 1.52. The number of likely N-dealkylation sites (tertiary alicyclic amines) is 1. The molecule has 2 amide bonds. The van der Waals surface area contributed by atoms with Gasteiger partial charge in [0.05, 0.1) is 24.5 Å². The van der Waals surface area contributed by atoms with E-state index in [9.17, 15) is 9.59 Å². The molecule has 7 heteroatoms. The molecule has 3 heterocycles. The zero-order valence-electron chi connectivity index (χ0n) is 16.2. The van der Waals surface area contributed by atoms with E-state index in [-0.39, 0.29) is 24.5 Å². The van der Waals surface area contributed by atoms with Crippen LogP contribution >= 0.6 is 0 Å². The van der Waals surface area contributed by atoms with Gasteiger partial charge in [0, 0.05) is 19.3 Å². The van der Waals surface area contributed by atoms with Gasteiger partial charge in [-0.3, -0.25) is 14.6 Å². The van der Waals surface area contributed by atoms with E-state index in [2.05, 4.69) is 9.97 Å². The summed E-state index contributed by atoms with van der Waals surface area (Å²) in [6, 6.07) is 9.89. The number of carbonyl (C=O) groups excluding carboxylic acids is 2. The highest BCUT2D eigenvalue weighted by molar-refractivity contribution is 5.92.